The van der Waals surface area contributed by atoms with Crippen LogP contribution in [0.2, 0.25) is 0 Å². The van der Waals surface area contributed by atoms with Crippen LogP contribution in [0.4, 0.5) is 0 Å². The summed E-state index contributed by atoms with van der Waals surface area (Å²) >= 11 is 0. The minimum absolute atomic E-state index is 0.105. The summed E-state index contributed by atoms with van der Waals surface area (Å²) < 4.78 is 37.1. The number of ether oxygens (including phenoxy) is 2. The number of aromatic nitrogens is 1. The SMILES string of the molecule is COc1ccc(S(=O)(=O)n2cc(C=O)c3cc(OC)ccc32)cc1. The Labute approximate surface area is 139 Å². The predicted molar refractivity (Wildman–Crippen MR) is 89.5 cm³/mol. The van der Waals surface area contributed by atoms with Crippen molar-refractivity contribution in [3.63, 3.8) is 0 Å². The van der Waals surface area contributed by atoms with Gasteiger partial charge in [0.25, 0.3) is 10.0 Å². The van der Waals surface area contributed by atoms with Gasteiger partial charge in [0.05, 0.1) is 24.6 Å². The van der Waals surface area contributed by atoms with Crippen LogP contribution in [0.15, 0.2) is 53.6 Å². The smallest absolute Gasteiger partial charge is 0.268 e. The molecule has 6 nitrogen and oxygen atoms in total. The molecule has 0 saturated carbocycles. The summed E-state index contributed by atoms with van der Waals surface area (Å²) in [5.41, 5.74) is 0.690. The zero-order chi connectivity index (χ0) is 17.3. The average Bonchev–Trinajstić information content (AvgIpc) is 3.00. The summed E-state index contributed by atoms with van der Waals surface area (Å²) in [5, 5.41) is 0.515. The lowest BCUT2D eigenvalue weighted by Gasteiger charge is -2.08. The Morgan fingerprint density at radius 3 is 2.17 bits per heavy atom. The number of benzene rings is 2. The van der Waals surface area contributed by atoms with E-state index in [4.69, 9.17) is 9.47 Å². The fourth-order valence-corrected chi connectivity index (χ4v) is 3.86. The first-order valence-corrected chi connectivity index (χ1v) is 8.49. The van der Waals surface area contributed by atoms with Gasteiger partial charge in [0.1, 0.15) is 11.5 Å². The van der Waals surface area contributed by atoms with Gasteiger partial charge in [0.2, 0.25) is 0 Å². The molecule has 0 atom stereocenters. The first kappa shape index (κ1) is 16.1. The van der Waals surface area contributed by atoms with Gasteiger partial charge in [-0.25, -0.2) is 12.4 Å². The zero-order valence-corrected chi connectivity index (χ0v) is 13.9. The number of methoxy groups -OCH3 is 2. The molecule has 0 spiro atoms. The van der Waals surface area contributed by atoms with Gasteiger partial charge >= 0.3 is 0 Å². The Hall–Kier alpha value is -2.80. The van der Waals surface area contributed by atoms with Gasteiger partial charge in [-0.15, -0.1) is 0 Å². The number of carbonyl (C=O) groups excluding carboxylic acids is 1. The Kier molecular flexibility index (Phi) is 4.02. The lowest BCUT2D eigenvalue weighted by atomic mass is 10.2. The molecule has 0 bridgehead atoms. The molecule has 24 heavy (non-hydrogen) atoms. The maximum absolute atomic E-state index is 12.9. The van der Waals surface area contributed by atoms with Gasteiger partial charge < -0.3 is 9.47 Å². The molecule has 1 heterocycles. The van der Waals surface area contributed by atoms with E-state index in [1.807, 2.05) is 0 Å². The molecule has 1 aromatic heterocycles. The zero-order valence-electron chi connectivity index (χ0n) is 13.1. The largest absolute Gasteiger partial charge is 0.497 e. The molecule has 7 heteroatoms. The van der Waals surface area contributed by atoms with Gasteiger partial charge in [-0.05, 0) is 42.5 Å². The van der Waals surface area contributed by atoms with Crippen LogP contribution in [-0.4, -0.2) is 32.9 Å². The summed E-state index contributed by atoms with van der Waals surface area (Å²) in [6, 6.07) is 11.0. The summed E-state index contributed by atoms with van der Waals surface area (Å²) in [7, 11) is -0.825. The van der Waals surface area contributed by atoms with Gasteiger partial charge in [-0.1, -0.05) is 0 Å². The Balaban J connectivity index is 2.22. The number of hydrogen-bond donors (Lipinski definition) is 0. The van der Waals surface area contributed by atoms with Crippen molar-refractivity contribution in [1.82, 2.24) is 3.97 Å². The molecular weight excluding hydrogens is 330 g/mol. The van der Waals surface area contributed by atoms with Crippen LogP contribution in [0, 0.1) is 0 Å². The Bertz CT molecular complexity index is 1000. The first-order chi connectivity index (χ1) is 11.5. The number of aldehydes is 1. The highest BCUT2D eigenvalue weighted by molar-refractivity contribution is 7.90. The van der Waals surface area contributed by atoms with Crippen molar-refractivity contribution in [2.24, 2.45) is 0 Å². The minimum Gasteiger partial charge on any atom is -0.497 e. The first-order valence-electron chi connectivity index (χ1n) is 7.05. The van der Waals surface area contributed by atoms with E-state index in [1.54, 1.807) is 30.3 Å². The third-order valence-electron chi connectivity index (χ3n) is 3.75. The lowest BCUT2D eigenvalue weighted by molar-refractivity contribution is 0.112. The quantitative estimate of drug-likeness (QED) is 0.665. The number of rotatable bonds is 5. The van der Waals surface area contributed by atoms with Gasteiger partial charge in [0.15, 0.2) is 6.29 Å². The van der Waals surface area contributed by atoms with Crippen LogP contribution in [0.5, 0.6) is 11.5 Å². The van der Waals surface area contributed by atoms with Crippen molar-refractivity contribution in [3.05, 3.63) is 54.2 Å². The molecule has 0 aliphatic heterocycles. The van der Waals surface area contributed by atoms with Crippen LogP contribution in [0.1, 0.15) is 10.4 Å². The van der Waals surface area contributed by atoms with Crippen LogP contribution in [0.3, 0.4) is 0 Å². The highest BCUT2D eigenvalue weighted by Gasteiger charge is 2.21. The molecule has 0 aliphatic carbocycles. The van der Waals surface area contributed by atoms with E-state index in [9.17, 15) is 13.2 Å². The predicted octanol–water partition coefficient (Wildman–Crippen LogP) is 2.71. The van der Waals surface area contributed by atoms with Crippen molar-refractivity contribution < 1.29 is 22.7 Å². The van der Waals surface area contributed by atoms with Crippen LogP contribution in [-0.2, 0) is 10.0 Å². The van der Waals surface area contributed by atoms with E-state index in [1.165, 1.54) is 32.5 Å². The molecule has 3 rings (SSSR count). The summed E-state index contributed by atoms with van der Waals surface area (Å²) in [6.45, 7) is 0. The molecule has 0 radical (unpaired) electrons. The second-order valence-electron chi connectivity index (χ2n) is 5.06. The maximum Gasteiger partial charge on any atom is 0.268 e. The third-order valence-corrected chi connectivity index (χ3v) is 5.44. The van der Waals surface area contributed by atoms with Crippen molar-refractivity contribution in [2.75, 3.05) is 14.2 Å². The highest BCUT2D eigenvalue weighted by Crippen LogP contribution is 2.29. The number of hydrogen-bond acceptors (Lipinski definition) is 5. The molecular formula is C17H15NO5S. The molecule has 0 N–H and O–H groups in total. The van der Waals surface area contributed by atoms with E-state index in [0.717, 1.165) is 3.97 Å². The van der Waals surface area contributed by atoms with E-state index in [0.29, 0.717) is 28.7 Å². The van der Waals surface area contributed by atoms with Crippen LogP contribution < -0.4 is 9.47 Å². The molecule has 124 valence electrons. The number of carbonyl (C=O) groups is 1. The lowest BCUT2D eigenvalue weighted by Crippen LogP contribution is -2.11. The van der Waals surface area contributed by atoms with Crippen LogP contribution >= 0.6 is 0 Å². The maximum atomic E-state index is 12.9. The van der Waals surface area contributed by atoms with Crippen molar-refractivity contribution in [3.8, 4) is 11.5 Å². The molecule has 0 fully saturated rings. The summed E-state index contributed by atoms with van der Waals surface area (Å²) in [4.78, 5) is 11.4. The van der Waals surface area contributed by atoms with Crippen molar-refractivity contribution in [1.29, 1.82) is 0 Å². The number of fused-ring (bicyclic) bond motifs is 1. The monoisotopic (exact) mass is 345 g/mol. The fraction of sp³-hybridized carbons (Fsp3) is 0.118. The third kappa shape index (κ3) is 2.52. The highest BCUT2D eigenvalue weighted by atomic mass is 32.2. The van der Waals surface area contributed by atoms with Crippen molar-refractivity contribution in [2.45, 2.75) is 4.90 Å². The van der Waals surface area contributed by atoms with Gasteiger partial charge in [0, 0.05) is 17.1 Å². The molecule has 3 aromatic rings. The van der Waals surface area contributed by atoms with E-state index < -0.39 is 10.0 Å². The topological polar surface area (TPSA) is 74.6 Å². The summed E-state index contributed by atoms with van der Waals surface area (Å²) in [5.74, 6) is 1.11. The fourth-order valence-electron chi connectivity index (χ4n) is 2.48. The van der Waals surface area contributed by atoms with Crippen LogP contribution in [0.25, 0.3) is 10.9 Å². The molecule has 0 unspecified atom stereocenters. The summed E-state index contributed by atoms with van der Waals surface area (Å²) in [6.07, 6.45) is 1.94. The van der Waals surface area contributed by atoms with Crippen molar-refractivity contribution >= 4 is 27.2 Å². The Morgan fingerprint density at radius 1 is 0.958 bits per heavy atom. The van der Waals surface area contributed by atoms with E-state index >= 15 is 0 Å². The molecule has 2 aromatic carbocycles. The molecule has 0 amide bonds. The second-order valence-corrected chi connectivity index (χ2v) is 6.88. The minimum atomic E-state index is -3.84. The molecule has 0 aliphatic rings. The second kappa shape index (κ2) is 6.01. The van der Waals surface area contributed by atoms with E-state index in [2.05, 4.69) is 0 Å². The standard InChI is InChI=1S/C17H15NO5S/c1-22-13-3-6-15(7-4-13)24(20,21)18-10-12(11-19)16-9-14(23-2)5-8-17(16)18/h3-11H,1-2H3. The van der Waals surface area contributed by atoms with E-state index in [-0.39, 0.29) is 10.5 Å². The van der Waals surface area contributed by atoms with Gasteiger partial charge in [-0.2, -0.15) is 0 Å². The molecule has 0 saturated heterocycles. The van der Waals surface area contributed by atoms with Gasteiger partial charge in [-0.3, -0.25) is 4.79 Å². The Morgan fingerprint density at radius 2 is 1.58 bits per heavy atom. The number of nitrogens with zero attached hydrogens (tertiary/aromatic N) is 1. The normalized spacial score (nSPS) is 11.4. The average molecular weight is 345 g/mol.